The van der Waals surface area contributed by atoms with Crippen molar-refractivity contribution in [1.82, 2.24) is 10.6 Å². The van der Waals surface area contributed by atoms with Gasteiger partial charge in [0.1, 0.15) is 0 Å². The van der Waals surface area contributed by atoms with Crippen molar-refractivity contribution in [3.63, 3.8) is 0 Å². The first-order chi connectivity index (χ1) is 9.94. The highest BCUT2D eigenvalue weighted by Crippen LogP contribution is 2.10. The number of carbonyl (C=O) groups is 3. The van der Waals surface area contributed by atoms with E-state index in [0.717, 1.165) is 0 Å². The first kappa shape index (κ1) is 20.8. The third-order valence-corrected chi connectivity index (χ3v) is 4.37. The Balaban J connectivity index is 4.68. The van der Waals surface area contributed by atoms with Crippen molar-refractivity contribution < 1.29 is 14.4 Å². The molecule has 122 valence electrons. The fraction of sp³-hybridized carbons (Fsp3) is 0.769. The molecule has 0 aromatic carbocycles. The minimum atomic E-state index is -0.617. The first-order valence-corrected chi connectivity index (χ1v) is 8.70. The number of amides is 1. The van der Waals surface area contributed by atoms with Gasteiger partial charge in [-0.2, -0.15) is 37.9 Å². The van der Waals surface area contributed by atoms with Crippen molar-refractivity contribution in [2.75, 3.05) is 24.3 Å². The summed E-state index contributed by atoms with van der Waals surface area (Å²) in [6.45, 7) is 1.73. The second kappa shape index (κ2) is 11.4. The van der Waals surface area contributed by atoms with Crippen molar-refractivity contribution in [3.8, 4) is 0 Å². The molecule has 5 nitrogen and oxygen atoms in total. The molecule has 0 heterocycles. The summed E-state index contributed by atoms with van der Waals surface area (Å²) >= 11 is 12.3. The molecule has 0 unspecified atom stereocenters. The van der Waals surface area contributed by atoms with Crippen molar-refractivity contribution >= 4 is 55.4 Å². The van der Waals surface area contributed by atoms with Crippen molar-refractivity contribution in [2.45, 2.75) is 31.8 Å². The maximum Gasteiger partial charge on any atom is 0.224 e. The summed E-state index contributed by atoms with van der Waals surface area (Å²) < 4.78 is 0. The van der Waals surface area contributed by atoms with Gasteiger partial charge in [0.15, 0.2) is 11.6 Å². The van der Waals surface area contributed by atoms with E-state index >= 15 is 0 Å². The molecular weight excluding hydrogens is 328 g/mol. The summed E-state index contributed by atoms with van der Waals surface area (Å²) in [5, 5.41) is 5.49. The Hall–Kier alpha value is -0.180. The Morgan fingerprint density at radius 1 is 0.952 bits per heavy atom. The summed E-state index contributed by atoms with van der Waals surface area (Å²) in [6, 6.07) is -1.00. The molecule has 0 saturated carbocycles. The number of carbonyl (C=O) groups excluding carboxylic acids is 3. The smallest absolute Gasteiger partial charge is 0.224 e. The molecule has 0 aromatic rings. The van der Waals surface area contributed by atoms with Gasteiger partial charge in [-0.15, -0.1) is 0 Å². The van der Waals surface area contributed by atoms with E-state index < -0.39 is 12.0 Å². The highest BCUT2D eigenvalue weighted by atomic mass is 32.1. The van der Waals surface area contributed by atoms with Gasteiger partial charge in [0.05, 0.1) is 18.0 Å². The summed E-state index contributed by atoms with van der Waals surface area (Å²) in [5.41, 5.74) is 0. The molecule has 8 heteroatoms. The van der Waals surface area contributed by atoms with Crippen LogP contribution in [-0.4, -0.2) is 53.9 Å². The Morgan fingerprint density at radius 3 is 1.90 bits per heavy atom. The molecule has 0 aliphatic rings. The van der Waals surface area contributed by atoms with E-state index in [2.05, 4.69) is 48.5 Å². The number of Topliss-reactive ketones (excluding diaryl/α,β-unsaturated/α-hetero) is 2. The molecule has 0 bridgehead atoms. The van der Waals surface area contributed by atoms with Crippen LogP contribution in [0.25, 0.3) is 0 Å². The summed E-state index contributed by atoms with van der Waals surface area (Å²) in [7, 11) is 1.67. The third-order valence-electron chi connectivity index (χ3n) is 3.19. The van der Waals surface area contributed by atoms with Crippen molar-refractivity contribution in [2.24, 2.45) is 5.92 Å². The Kier molecular flexibility index (Phi) is 11.3. The highest BCUT2D eigenvalue weighted by Gasteiger charge is 2.27. The number of rotatable bonds is 11. The standard InChI is InChI=1S/C13H24N2O3S3/c1-3-11(16)10(7-21)15-13(18)8(5-19)4-12(17)9(6-20)14-2/h8-10,14,19-21H,3-7H2,1-2H3,(H,15,18)/t8-,9-,10-/m0/s1. The predicted octanol–water partition coefficient (Wildman–Crippen LogP) is 0.403. The van der Waals surface area contributed by atoms with Crippen LogP contribution in [-0.2, 0) is 14.4 Å². The molecule has 3 atom stereocenters. The van der Waals surface area contributed by atoms with E-state index in [9.17, 15) is 14.4 Å². The zero-order valence-corrected chi connectivity index (χ0v) is 15.0. The van der Waals surface area contributed by atoms with Gasteiger partial charge < -0.3 is 10.6 Å². The predicted molar refractivity (Wildman–Crippen MR) is 94.7 cm³/mol. The Morgan fingerprint density at radius 2 is 1.52 bits per heavy atom. The van der Waals surface area contributed by atoms with E-state index in [1.807, 2.05) is 0 Å². The number of ketones is 2. The van der Waals surface area contributed by atoms with Crippen LogP contribution in [0, 0.1) is 5.92 Å². The van der Waals surface area contributed by atoms with Crippen LogP contribution in [0.5, 0.6) is 0 Å². The zero-order chi connectivity index (χ0) is 16.4. The van der Waals surface area contributed by atoms with Crippen LogP contribution >= 0.6 is 37.9 Å². The van der Waals surface area contributed by atoms with Crippen LogP contribution in [0.3, 0.4) is 0 Å². The normalized spacial score (nSPS) is 15.1. The van der Waals surface area contributed by atoms with Crippen molar-refractivity contribution in [3.05, 3.63) is 0 Å². The van der Waals surface area contributed by atoms with Crippen LogP contribution in [0.15, 0.2) is 0 Å². The van der Waals surface area contributed by atoms with Crippen LogP contribution in [0.2, 0.25) is 0 Å². The second-order valence-corrected chi connectivity index (χ2v) is 5.73. The molecule has 0 fully saturated rings. The van der Waals surface area contributed by atoms with E-state index in [4.69, 9.17) is 0 Å². The zero-order valence-electron chi connectivity index (χ0n) is 12.3. The Bertz CT molecular complexity index is 363. The fourth-order valence-electron chi connectivity index (χ4n) is 1.74. The van der Waals surface area contributed by atoms with Crippen LogP contribution in [0.1, 0.15) is 19.8 Å². The molecular formula is C13H24N2O3S3. The molecule has 2 N–H and O–H groups in total. The van der Waals surface area contributed by atoms with Gasteiger partial charge in [-0.05, 0) is 7.05 Å². The summed E-state index contributed by atoms with van der Waals surface area (Å²) in [6.07, 6.45) is 0.401. The Labute approximate surface area is 142 Å². The number of hydrogen-bond donors (Lipinski definition) is 5. The molecule has 1 amide bonds. The van der Waals surface area contributed by atoms with Crippen LogP contribution in [0.4, 0.5) is 0 Å². The lowest BCUT2D eigenvalue weighted by Crippen LogP contribution is -2.46. The van der Waals surface area contributed by atoms with Gasteiger partial charge in [0, 0.05) is 30.1 Å². The third kappa shape index (κ3) is 7.08. The topological polar surface area (TPSA) is 75.3 Å². The highest BCUT2D eigenvalue weighted by molar-refractivity contribution is 7.80. The molecule has 21 heavy (non-hydrogen) atoms. The van der Waals surface area contributed by atoms with E-state index in [0.29, 0.717) is 12.2 Å². The average Bonchev–Trinajstić information content (AvgIpc) is 2.50. The summed E-state index contributed by atoms with van der Waals surface area (Å²) in [4.78, 5) is 35.8. The summed E-state index contributed by atoms with van der Waals surface area (Å²) in [5.74, 6) is -0.236. The number of likely N-dealkylation sites (N-methyl/N-ethyl adjacent to an activating group) is 1. The van der Waals surface area contributed by atoms with Gasteiger partial charge in [-0.25, -0.2) is 0 Å². The van der Waals surface area contributed by atoms with E-state index in [-0.39, 0.29) is 41.4 Å². The minimum absolute atomic E-state index is 0.0704. The maximum atomic E-state index is 12.2. The number of nitrogens with one attached hydrogen (secondary N) is 2. The van der Waals surface area contributed by atoms with Crippen molar-refractivity contribution in [1.29, 1.82) is 0 Å². The molecule has 0 aliphatic carbocycles. The van der Waals surface area contributed by atoms with Gasteiger partial charge in [0.25, 0.3) is 0 Å². The van der Waals surface area contributed by atoms with Crippen LogP contribution < -0.4 is 10.6 Å². The number of hydrogen-bond acceptors (Lipinski definition) is 7. The van der Waals surface area contributed by atoms with Gasteiger partial charge >= 0.3 is 0 Å². The lowest BCUT2D eigenvalue weighted by atomic mass is 9.99. The van der Waals surface area contributed by atoms with E-state index in [1.165, 1.54) is 0 Å². The SMILES string of the molecule is CCC(=O)[C@H](CS)NC(=O)[C@H](CS)CC(=O)[C@H](CS)NC. The molecule has 0 radical (unpaired) electrons. The lowest BCUT2D eigenvalue weighted by molar-refractivity contribution is -0.131. The monoisotopic (exact) mass is 352 g/mol. The van der Waals surface area contributed by atoms with Gasteiger partial charge in [-0.1, -0.05) is 6.92 Å². The lowest BCUT2D eigenvalue weighted by Gasteiger charge is -2.20. The average molecular weight is 353 g/mol. The molecule has 0 saturated heterocycles. The second-order valence-electron chi connectivity index (χ2n) is 4.64. The first-order valence-electron chi connectivity index (χ1n) is 6.80. The molecule has 0 aromatic heterocycles. The largest absolute Gasteiger partial charge is 0.345 e. The molecule has 0 spiro atoms. The number of thiol groups is 3. The molecule has 0 rings (SSSR count). The van der Waals surface area contributed by atoms with Gasteiger partial charge in [-0.3, -0.25) is 14.4 Å². The minimum Gasteiger partial charge on any atom is -0.345 e. The van der Waals surface area contributed by atoms with E-state index in [1.54, 1.807) is 14.0 Å². The quantitative estimate of drug-likeness (QED) is 0.349. The fourth-order valence-corrected chi connectivity index (χ4v) is 2.72. The van der Waals surface area contributed by atoms with Gasteiger partial charge in [0.2, 0.25) is 5.91 Å². The molecule has 0 aliphatic heterocycles. The maximum absolute atomic E-state index is 12.2.